The molecule has 2 aromatic heterocycles. The summed E-state index contributed by atoms with van der Waals surface area (Å²) >= 11 is 6.00. The Labute approximate surface area is 243 Å². The number of nitrogens with zero attached hydrogens (tertiary/aromatic N) is 7. The van der Waals surface area contributed by atoms with E-state index < -0.39 is 0 Å². The molecule has 10 nitrogen and oxygen atoms in total. The molecule has 2 aromatic carbocycles. The summed E-state index contributed by atoms with van der Waals surface area (Å²) in [6.45, 7) is 10.7. The summed E-state index contributed by atoms with van der Waals surface area (Å²) in [6.07, 6.45) is 5.99. The third-order valence-corrected chi connectivity index (χ3v) is 8.14. The van der Waals surface area contributed by atoms with Crippen LogP contribution in [0.2, 0.25) is 5.02 Å². The van der Waals surface area contributed by atoms with E-state index in [-0.39, 0.29) is 17.5 Å². The number of fused-ring (bicyclic) bond motifs is 1. The molecule has 1 aliphatic carbocycles. The predicted octanol–water partition coefficient (Wildman–Crippen LogP) is 4.66. The van der Waals surface area contributed by atoms with Crippen molar-refractivity contribution in [1.82, 2.24) is 24.4 Å². The van der Waals surface area contributed by atoms with Crippen molar-refractivity contribution >= 4 is 28.5 Å². The summed E-state index contributed by atoms with van der Waals surface area (Å²) in [5.74, 6) is 2.28. The van der Waals surface area contributed by atoms with Gasteiger partial charge in [0, 0.05) is 55.2 Å². The van der Waals surface area contributed by atoms with Crippen molar-refractivity contribution in [2.45, 2.75) is 56.8 Å². The van der Waals surface area contributed by atoms with Crippen LogP contribution in [0.3, 0.4) is 0 Å². The van der Waals surface area contributed by atoms with Crippen molar-refractivity contribution in [1.29, 1.82) is 0 Å². The van der Waals surface area contributed by atoms with Gasteiger partial charge in [0.15, 0.2) is 5.84 Å². The third-order valence-electron chi connectivity index (χ3n) is 7.89. The maximum absolute atomic E-state index is 9.10. The molecule has 0 atom stereocenters. The number of nitrogens with two attached hydrogens (primary N) is 1. The van der Waals surface area contributed by atoms with E-state index in [2.05, 4.69) is 29.4 Å². The number of piperidine rings is 1. The highest BCUT2D eigenvalue weighted by molar-refractivity contribution is 6.30. The number of imidazole rings is 1. The molecular formula is C30H31ClN8O2. The molecule has 0 amide bonds. The first-order valence-electron chi connectivity index (χ1n) is 13.7. The van der Waals surface area contributed by atoms with Gasteiger partial charge in [-0.15, -0.1) is 0 Å². The van der Waals surface area contributed by atoms with Gasteiger partial charge in [-0.2, -0.15) is 4.98 Å². The highest BCUT2D eigenvalue weighted by Gasteiger charge is 2.51. The molecule has 0 unspecified atom stereocenters. The number of likely N-dealkylation sites (tertiary alicyclic amines) is 1. The lowest BCUT2D eigenvalue weighted by molar-refractivity contribution is 0.0910. The molecule has 4 aromatic rings. The Kier molecular flexibility index (Phi) is 7.47. The lowest BCUT2D eigenvalue weighted by atomic mass is 10.1. The van der Waals surface area contributed by atoms with Crippen molar-refractivity contribution in [3.8, 4) is 5.88 Å². The Bertz CT molecular complexity index is 1620. The molecule has 0 bridgehead atoms. The molecule has 6 rings (SSSR count). The van der Waals surface area contributed by atoms with Gasteiger partial charge in [-0.05, 0) is 48.7 Å². The van der Waals surface area contributed by atoms with E-state index >= 15 is 0 Å². The molecule has 2 aliphatic rings. The van der Waals surface area contributed by atoms with Crippen LogP contribution in [0.15, 0.2) is 59.9 Å². The molecule has 1 saturated carbocycles. The lowest BCUT2D eigenvalue weighted by Gasteiger charge is -2.31. The first-order valence-corrected chi connectivity index (χ1v) is 14.1. The molecule has 11 heteroatoms. The van der Waals surface area contributed by atoms with E-state index in [0.29, 0.717) is 41.8 Å². The minimum absolute atomic E-state index is 0.0469. The van der Waals surface area contributed by atoms with Crippen LogP contribution in [0.1, 0.15) is 48.5 Å². The second-order valence-corrected chi connectivity index (χ2v) is 11.3. The number of rotatable bonds is 9. The number of ether oxygens (including phenoxy) is 1. The van der Waals surface area contributed by atoms with Gasteiger partial charge in [0.2, 0.25) is 5.88 Å². The number of halogens is 1. The zero-order valence-electron chi connectivity index (χ0n) is 22.6. The minimum atomic E-state index is -0.336. The van der Waals surface area contributed by atoms with Crippen LogP contribution < -0.4 is 10.5 Å². The van der Waals surface area contributed by atoms with Crippen LogP contribution in [-0.4, -0.2) is 60.2 Å². The van der Waals surface area contributed by atoms with Gasteiger partial charge in [0.1, 0.15) is 24.3 Å². The molecule has 210 valence electrons. The predicted molar refractivity (Wildman–Crippen MR) is 156 cm³/mol. The number of hydrogen-bond donors (Lipinski definition) is 2. The fraction of sp³-hybridized carbons (Fsp3) is 0.367. The lowest BCUT2D eigenvalue weighted by Crippen LogP contribution is -2.38. The van der Waals surface area contributed by atoms with Crippen molar-refractivity contribution < 1.29 is 9.94 Å². The maximum Gasteiger partial charge on any atom is 0.250 e. The third kappa shape index (κ3) is 6.11. The van der Waals surface area contributed by atoms with Gasteiger partial charge in [0.05, 0.1) is 17.6 Å². The second kappa shape index (κ2) is 11.4. The van der Waals surface area contributed by atoms with E-state index in [4.69, 9.17) is 38.8 Å². The number of benzene rings is 2. The van der Waals surface area contributed by atoms with Gasteiger partial charge in [-0.3, -0.25) is 4.90 Å². The SMILES string of the molecule is [C-]#[N+]C1(Cn2c(CN3CCC(Oc4ccnc(Cc5ccc(Cl)cc5)n4)CC3)nc3cc(/C(N)=N/O)ccc32)CC1. The maximum atomic E-state index is 9.10. The molecule has 1 aliphatic heterocycles. The minimum Gasteiger partial charge on any atom is -0.474 e. The molecule has 3 heterocycles. The Morgan fingerprint density at radius 3 is 2.63 bits per heavy atom. The fourth-order valence-electron chi connectivity index (χ4n) is 5.31. The summed E-state index contributed by atoms with van der Waals surface area (Å²) in [5.41, 5.74) is 8.93. The molecule has 3 N–H and O–H groups in total. The van der Waals surface area contributed by atoms with Gasteiger partial charge in [-0.1, -0.05) is 28.9 Å². The van der Waals surface area contributed by atoms with E-state index in [9.17, 15) is 0 Å². The van der Waals surface area contributed by atoms with Crippen LogP contribution in [0.25, 0.3) is 15.9 Å². The standard InChI is InChI=1S/C30H31ClN8O2/c1-33-30(11-12-30)19-39-25-7-4-21(29(32)37-40)17-24(25)35-27(39)18-38-14-9-23(10-15-38)41-28-8-13-34-26(36-28)16-20-2-5-22(31)6-3-20/h2-8,13,17,23,40H,9-12,14-16,18-19H2,(H2,32,37). The smallest absolute Gasteiger partial charge is 0.250 e. The molecule has 41 heavy (non-hydrogen) atoms. The zero-order valence-corrected chi connectivity index (χ0v) is 23.3. The number of aromatic nitrogens is 4. The largest absolute Gasteiger partial charge is 0.474 e. The average Bonchev–Trinajstić information content (AvgIpc) is 3.70. The quantitative estimate of drug-likeness (QED) is 0.0987. The molecule has 1 saturated heterocycles. The summed E-state index contributed by atoms with van der Waals surface area (Å²) < 4.78 is 8.44. The molecular weight excluding hydrogens is 540 g/mol. The Hall–Kier alpha value is -4.20. The number of amidine groups is 1. The second-order valence-electron chi connectivity index (χ2n) is 10.8. The Balaban J connectivity index is 1.11. The summed E-state index contributed by atoms with van der Waals surface area (Å²) in [5, 5.41) is 12.9. The monoisotopic (exact) mass is 570 g/mol. The van der Waals surface area contributed by atoms with Gasteiger partial charge in [0.25, 0.3) is 5.54 Å². The van der Waals surface area contributed by atoms with Crippen LogP contribution >= 0.6 is 11.6 Å². The van der Waals surface area contributed by atoms with Crippen LogP contribution in [0.5, 0.6) is 5.88 Å². The van der Waals surface area contributed by atoms with Gasteiger partial charge in [-0.25, -0.2) is 16.5 Å². The topological polar surface area (TPSA) is 119 Å². The van der Waals surface area contributed by atoms with Crippen molar-refractivity contribution in [2.75, 3.05) is 13.1 Å². The summed E-state index contributed by atoms with van der Waals surface area (Å²) in [7, 11) is 0. The highest BCUT2D eigenvalue weighted by atomic mass is 35.5. The normalized spacial score (nSPS) is 17.4. The fourth-order valence-corrected chi connectivity index (χ4v) is 5.44. The van der Waals surface area contributed by atoms with Gasteiger partial charge >= 0.3 is 0 Å². The summed E-state index contributed by atoms with van der Waals surface area (Å²) in [4.78, 5) is 20.3. The summed E-state index contributed by atoms with van der Waals surface area (Å²) in [6, 6.07) is 15.1. The van der Waals surface area contributed by atoms with Crippen LogP contribution in [0.4, 0.5) is 0 Å². The van der Waals surface area contributed by atoms with Crippen molar-refractivity contribution in [3.05, 3.63) is 93.9 Å². The molecule has 2 fully saturated rings. The van der Waals surface area contributed by atoms with Crippen LogP contribution in [0, 0.1) is 6.57 Å². The average molecular weight is 571 g/mol. The zero-order chi connectivity index (χ0) is 28.4. The van der Waals surface area contributed by atoms with E-state index in [1.54, 1.807) is 6.20 Å². The highest BCUT2D eigenvalue weighted by Crippen LogP contribution is 2.42. The Morgan fingerprint density at radius 2 is 1.93 bits per heavy atom. The van der Waals surface area contributed by atoms with Gasteiger partial charge < -0.3 is 25.1 Å². The van der Waals surface area contributed by atoms with E-state index in [0.717, 1.165) is 61.2 Å². The first-order chi connectivity index (χ1) is 19.9. The van der Waals surface area contributed by atoms with Crippen molar-refractivity contribution in [3.63, 3.8) is 0 Å². The molecule has 0 spiro atoms. The van der Waals surface area contributed by atoms with E-state index in [1.807, 2.05) is 48.5 Å². The first kappa shape index (κ1) is 27.0. The van der Waals surface area contributed by atoms with Crippen molar-refractivity contribution in [2.24, 2.45) is 10.9 Å². The number of hydrogen-bond acceptors (Lipinski definition) is 7. The van der Waals surface area contributed by atoms with E-state index in [1.165, 1.54) is 0 Å². The Morgan fingerprint density at radius 1 is 1.15 bits per heavy atom. The molecule has 0 radical (unpaired) electrons. The number of oxime groups is 1. The van der Waals surface area contributed by atoms with Crippen LogP contribution in [-0.2, 0) is 19.5 Å².